The highest BCUT2D eigenvalue weighted by molar-refractivity contribution is 7.51. The molecular weight excluding hydrogens is 187 g/mol. The molecule has 0 saturated heterocycles. The van der Waals surface area contributed by atoms with Crippen molar-refractivity contribution in [3.8, 4) is 0 Å². The predicted octanol–water partition coefficient (Wildman–Crippen LogP) is 2.24. The maximum Gasteiger partial charge on any atom is 0.329 e. The van der Waals surface area contributed by atoms with E-state index in [-0.39, 0.29) is 6.16 Å². The fourth-order valence-corrected chi connectivity index (χ4v) is 1.36. The molecule has 0 atom stereocenters. The minimum Gasteiger partial charge on any atom is -0.324 e. The fraction of sp³-hybridized carbons (Fsp3) is 0.333. The second-order valence-corrected chi connectivity index (χ2v) is 4.39. The lowest BCUT2D eigenvalue weighted by Gasteiger charge is -2.02. The van der Waals surface area contributed by atoms with Crippen molar-refractivity contribution in [2.45, 2.75) is 12.8 Å². The monoisotopic (exact) mass is 202 g/mol. The molecule has 4 heteroatoms. The molecule has 74 valence electrons. The second-order valence-electron chi connectivity index (χ2n) is 2.70. The van der Waals surface area contributed by atoms with Crippen LogP contribution in [0.1, 0.15) is 12.8 Å². The Hall–Kier alpha value is -0.630. The van der Waals surface area contributed by atoms with Crippen LogP contribution in [0.2, 0.25) is 0 Å². The summed E-state index contributed by atoms with van der Waals surface area (Å²) in [6.07, 6.45) is 6.05. The van der Waals surface area contributed by atoms with E-state index < -0.39 is 7.60 Å². The lowest BCUT2D eigenvalue weighted by molar-refractivity contribution is 0.377. The Balaban J connectivity index is 4.26. The Labute approximate surface area is 78.6 Å². The minimum absolute atomic E-state index is 0.204. The van der Waals surface area contributed by atoms with Crippen LogP contribution in [-0.4, -0.2) is 15.9 Å². The van der Waals surface area contributed by atoms with Gasteiger partial charge in [0, 0.05) is 0 Å². The van der Waals surface area contributed by atoms with Gasteiger partial charge in [-0.05, 0) is 12.8 Å². The topological polar surface area (TPSA) is 57.5 Å². The highest BCUT2D eigenvalue weighted by atomic mass is 31.2. The smallest absolute Gasteiger partial charge is 0.324 e. The summed E-state index contributed by atoms with van der Waals surface area (Å²) in [6.45, 7) is 7.12. The van der Waals surface area contributed by atoms with Gasteiger partial charge < -0.3 is 9.79 Å². The van der Waals surface area contributed by atoms with Gasteiger partial charge in [-0.3, -0.25) is 4.57 Å². The van der Waals surface area contributed by atoms with Crippen molar-refractivity contribution in [2.24, 2.45) is 0 Å². The van der Waals surface area contributed by atoms with Gasteiger partial charge in [0.1, 0.15) is 0 Å². The summed E-state index contributed by atoms with van der Waals surface area (Å²) in [5.41, 5.74) is 0.938. The summed E-state index contributed by atoms with van der Waals surface area (Å²) in [5.74, 6) is 0. The molecule has 0 aliphatic rings. The molecule has 0 radical (unpaired) electrons. The molecule has 0 heterocycles. The van der Waals surface area contributed by atoms with Crippen molar-refractivity contribution in [2.75, 3.05) is 6.16 Å². The molecule has 13 heavy (non-hydrogen) atoms. The van der Waals surface area contributed by atoms with E-state index in [2.05, 4.69) is 13.2 Å². The zero-order valence-corrected chi connectivity index (χ0v) is 8.41. The van der Waals surface area contributed by atoms with Crippen molar-refractivity contribution < 1.29 is 14.4 Å². The first-order valence-corrected chi connectivity index (χ1v) is 5.73. The summed E-state index contributed by atoms with van der Waals surface area (Å²) in [6, 6.07) is 0. The van der Waals surface area contributed by atoms with Gasteiger partial charge in [-0.1, -0.05) is 23.8 Å². The number of rotatable bonds is 6. The minimum atomic E-state index is -3.91. The third-order valence-corrected chi connectivity index (χ3v) is 2.09. The Bertz CT molecular complexity index is 238. The Kier molecular flexibility index (Phi) is 5.63. The van der Waals surface area contributed by atoms with E-state index in [0.29, 0.717) is 12.8 Å². The molecule has 0 amide bonds. The van der Waals surface area contributed by atoms with Crippen LogP contribution in [0.15, 0.2) is 37.0 Å². The van der Waals surface area contributed by atoms with Gasteiger partial charge in [0.15, 0.2) is 0 Å². The van der Waals surface area contributed by atoms with Crippen molar-refractivity contribution in [3.63, 3.8) is 0 Å². The van der Waals surface area contributed by atoms with Gasteiger partial charge in [0.05, 0.1) is 6.16 Å². The molecule has 0 aromatic carbocycles. The molecule has 0 aromatic rings. The average molecular weight is 202 g/mol. The fourth-order valence-electron chi connectivity index (χ4n) is 0.869. The van der Waals surface area contributed by atoms with Gasteiger partial charge in [-0.15, -0.1) is 13.2 Å². The maximum atomic E-state index is 10.5. The quantitative estimate of drug-likeness (QED) is 0.513. The summed E-state index contributed by atoms with van der Waals surface area (Å²) in [4.78, 5) is 17.2. The summed E-state index contributed by atoms with van der Waals surface area (Å²) in [5, 5.41) is 0. The van der Waals surface area contributed by atoms with Crippen LogP contribution >= 0.6 is 7.60 Å². The Morgan fingerprint density at radius 2 is 1.69 bits per heavy atom. The summed E-state index contributed by atoms with van der Waals surface area (Å²) >= 11 is 0. The molecule has 0 fully saturated rings. The van der Waals surface area contributed by atoms with E-state index in [1.54, 1.807) is 18.2 Å². The van der Waals surface area contributed by atoms with E-state index in [1.165, 1.54) is 0 Å². The zero-order chi connectivity index (χ0) is 10.3. The molecule has 0 aliphatic carbocycles. The van der Waals surface area contributed by atoms with Crippen LogP contribution < -0.4 is 0 Å². The molecule has 0 aromatic heterocycles. The lowest BCUT2D eigenvalue weighted by Crippen LogP contribution is -1.86. The number of hydrogen-bond donors (Lipinski definition) is 2. The van der Waals surface area contributed by atoms with Crippen molar-refractivity contribution in [1.29, 1.82) is 0 Å². The van der Waals surface area contributed by atoms with Crippen LogP contribution in [0.5, 0.6) is 0 Å². The Morgan fingerprint density at radius 3 is 2.00 bits per heavy atom. The van der Waals surface area contributed by atoms with Crippen LogP contribution in [0.3, 0.4) is 0 Å². The predicted molar refractivity (Wildman–Crippen MR) is 54.6 cm³/mol. The maximum absolute atomic E-state index is 10.5. The van der Waals surface area contributed by atoms with Crippen LogP contribution in [0.25, 0.3) is 0 Å². The molecule has 0 saturated carbocycles. The number of hydrogen-bond acceptors (Lipinski definition) is 1. The van der Waals surface area contributed by atoms with E-state index in [4.69, 9.17) is 9.79 Å². The van der Waals surface area contributed by atoms with Gasteiger partial charge in [-0.25, -0.2) is 0 Å². The SMILES string of the molecule is C=CCC(=CCP(=O)(O)O)CC=C. The largest absolute Gasteiger partial charge is 0.329 e. The molecule has 0 aliphatic heterocycles. The van der Waals surface area contributed by atoms with Crippen molar-refractivity contribution >= 4 is 7.60 Å². The molecule has 0 unspecified atom stereocenters. The highest BCUT2D eigenvalue weighted by Crippen LogP contribution is 2.34. The van der Waals surface area contributed by atoms with Crippen molar-refractivity contribution in [3.05, 3.63) is 37.0 Å². The molecule has 0 bridgehead atoms. The second kappa shape index (κ2) is 5.92. The van der Waals surface area contributed by atoms with Crippen molar-refractivity contribution in [1.82, 2.24) is 0 Å². The van der Waals surface area contributed by atoms with E-state index in [1.807, 2.05) is 0 Å². The molecule has 2 N–H and O–H groups in total. The van der Waals surface area contributed by atoms with Crippen LogP contribution in [-0.2, 0) is 4.57 Å². The first kappa shape index (κ1) is 12.4. The third kappa shape index (κ3) is 7.72. The summed E-state index contributed by atoms with van der Waals surface area (Å²) in [7, 11) is -3.91. The average Bonchev–Trinajstić information content (AvgIpc) is 2.00. The lowest BCUT2D eigenvalue weighted by atomic mass is 10.1. The van der Waals surface area contributed by atoms with Crippen LogP contribution in [0.4, 0.5) is 0 Å². The molecule has 0 spiro atoms. The highest BCUT2D eigenvalue weighted by Gasteiger charge is 2.09. The zero-order valence-electron chi connectivity index (χ0n) is 7.52. The van der Waals surface area contributed by atoms with Gasteiger partial charge in [-0.2, -0.15) is 0 Å². The standard InChI is InChI=1S/C9H15O3P/c1-3-5-9(6-4-2)7-8-13(10,11)12/h3-4,7H,1-2,5-6,8H2,(H2,10,11,12). The van der Waals surface area contributed by atoms with E-state index in [9.17, 15) is 4.57 Å². The first-order chi connectivity index (χ1) is 5.99. The molecule has 3 nitrogen and oxygen atoms in total. The first-order valence-electron chi connectivity index (χ1n) is 3.94. The molecular formula is C9H15O3P. The van der Waals surface area contributed by atoms with Crippen LogP contribution in [0, 0.1) is 0 Å². The van der Waals surface area contributed by atoms with E-state index >= 15 is 0 Å². The number of allylic oxidation sites excluding steroid dienone is 4. The Morgan fingerprint density at radius 1 is 1.23 bits per heavy atom. The van der Waals surface area contributed by atoms with E-state index in [0.717, 1.165) is 5.57 Å². The van der Waals surface area contributed by atoms with Gasteiger partial charge in [0.2, 0.25) is 0 Å². The summed E-state index contributed by atoms with van der Waals surface area (Å²) < 4.78 is 10.5. The third-order valence-electron chi connectivity index (χ3n) is 1.43. The molecule has 0 rings (SSSR count). The normalized spacial score (nSPS) is 10.6. The van der Waals surface area contributed by atoms with Gasteiger partial charge in [0.25, 0.3) is 0 Å². The van der Waals surface area contributed by atoms with Gasteiger partial charge >= 0.3 is 7.60 Å².